The third kappa shape index (κ3) is 18.5. The van der Waals surface area contributed by atoms with Crippen LogP contribution in [0.5, 0.6) is 0 Å². The van der Waals surface area contributed by atoms with Crippen LogP contribution in [0, 0.1) is 11.8 Å². The summed E-state index contributed by atoms with van der Waals surface area (Å²) in [6, 6.07) is 0. The quantitative estimate of drug-likeness (QED) is 0.0935. The van der Waals surface area contributed by atoms with E-state index in [2.05, 4.69) is 13.8 Å². The molecule has 2 atom stereocenters. The van der Waals surface area contributed by atoms with Crippen molar-refractivity contribution in [2.24, 2.45) is 11.8 Å². The molecule has 5 nitrogen and oxygen atoms in total. The molecule has 216 valence electrons. The Morgan fingerprint density at radius 3 is 1.32 bits per heavy atom. The summed E-state index contributed by atoms with van der Waals surface area (Å²) in [5.41, 5.74) is 0. The first-order valence-corrected chi connectivity index (χ1v) is 15.9. The maximum atomic E-state index is 12.9. The zero-order chi connectivity index (χ0) is 27.0. The van der Waals surface area contributed by atoms with Gasteiger partial charge < -0.3 is 9.47 Å². The molecular formula is C32H58O5. The van der Waals surface area contributed by atoms with E-state index in [1.165, 1.54) is 77.0 Å². The van der Waals surface area contributed by atoms with Crippen molar-refractivity contribution >= 4 is 17.7 Å². The molecule has 1 fully saturated rings. The van der Waals surface area contributed by atoms with Crippen LogP contribution in [-0.2, 0) is 23.9 Å². The van der Waals surface area contributed by atoms with E-state index in [1.54, 1.807) is 0 Å². The van der Waals surface area contributed by atoms with Gasteiger partial charge in [-0.3, -0.25) is 14.4 Å². The molecule has 0 aromatic rings. The van der Waals surface area contributed by atoms with Crippen molar-refractivity contribution < 1.29 is 23.9 Å². The van der Waals surface area contributed by atoms with Gasteiger partial charge in [-0.05, 0) is 38.5 Å². The van der Waals surface area contributed by atoms with Crippen molar-refractivity contribution in [3.63, 3.8) is 0 Å². The third-order valence-corrected chi connectivity index (χ3v) is 7.83. The molecule has 37 heavy (non-hydrogen) atoms. The van der Waals surface area contributed by atoms with E-state index < -0.39 is 0 Å². The van der Waals surface area contributed by atoms with Gasteiger partial charge in [0.2, 0.25) is 0 Å². The number of carbonyl (C=O) groups excluding carboxylic acids is 3. The van der Waals surface area contributed by atoms with Crippen LogP contribution in [0.2, 0.25) is 0 Å². The monoisotopic (exact) mass is 522 g/mol. The molecule has 0 aliphatic heterocycles. The highest BCUT2D eigenvalue weighted by Gasteiger charge is 2.31. The number of hydrogen-bond donors (Lipinski definition) is 0. The summed E-state index contributed by atoms with van der Waals surface area (Å²) in [6.45, 7) is 5.45. The highest BCUT2D eigenvalue weighted by molar-refractivity contribution is 5.85. The molecule has 0 aromatic heterocycles. The molecule has 0 aromatic carbocycles. The van der Waals surface area contributed by atoms with Crippen molar-refractivity contribution in [2.75, 3.05) is 13.2 Å². The molecule has 0 heterocycles. The van der Waals surface area contributed by atoms with Crippen LogP contribution >= 0.6 is 0 Å². The van der Waals surface area contributed by atoms with E-state index in [0.29, 0.717) is 38.9 Å². The van der Waals surface area contributed by atoms with Crippen LogP contribution < -0.4 is 0 Å². The Bertz CT molecular complexity index is 540. The molecule has 1 saturated carbocycles. The Balaban J connectivity index is 2.07. The first-order chi connectivity index (χ1) is 18.1. The van der Waals surface area contributed by atoms with Crippen LogP contribution in [-0.4, -0.2) is 30.9 Å². The molecule has 0 amide bonds. The molecule has 0 N–H and O–H groups in total. The van der Waals surface area contributed by atoms with Crippen molar-refractivity contribution in [1.29, 1.82) is 0 Å². The lowest BCUT2D eigenvalue weighted by Gasteiger charge is -2.27. The molecule has 0 radical (unpaired) electrons. The Kier molecular flexibility index (Phi) is 21.6. The number of ketones is 1. The maximum Gasteiger partial charge on any atom is 0.305 e. The number of esters is 2. The summed E-state index contributed by atoms with van der Waals surface area (Å²) in [5.74, 6) is -0.256. The zero-order valence-electron chi connectivity index (χ0n) is 24.4. The fraction of sp³-hybridized carbons (Fsp3) is 0.906. The smallest absolute Gasteiger partial charge is 0.305 e. The fourth-order valence-corrected chi connectivity index (χ4v) is 5.37. The molecule has 0 unspecified atom stereocenters. The minimum atomic E-state index is -0.178. The normalized spacial score (nSPS) is 17.6. The van der Waals surface area contributed by atoms with Crippen LogP contribution in [0.15, 0.2) is 0 Å². The molecule has 0 saturated heterocycles. The Labute approximate surface area is 228 Å². The lowest BCUT2D eigenvalue weighted by atomic mass is 9.76. The number of unbranched alkanes of at least 4 members (excludes halogenated alkanes) is 14. The van der Waals surface area contributed by atoms with Gasteiger partial charge in [0.25, 0.3) is 0 Å². The van der Waals surface area contributed by atoms with E-state index in [1.807, 2.05) is 0 Å². The van der Waals surface area contributed by atoms with E-state index in [-0.39, 0.29) is 29.6 Å². The third-order valence-electron chi connectivity index (χ3n) is 7.83. The number of Topliss-reactive ketones (excluding diaryl/α,β-unsaturated/α-hetero) is 1. The summed E-state index contributed by atoms with van der Waals surface area (Å²) in [6.07, 6.45) is 24.0. The average molecular weight is 523 g/mol. The van der Waals surface area contributed by atoms with Gasteiger partial charge >= 0.3 is 11.9 Å². The molecule has 1 aliphatic carbocycles. The second kappa shape index (κ2) is 23.7. The molecular weight excluding hydrogens is 464 g/mol. The molecule has 0 spiro atoms. The van der Waals surface area contributed by atoms with Gasteiger partial charge in [0, 0.05) is 24.7 Å². The van der Waals surface area contributed by atoms with E-state index in [4.69, 9.17) is 9.47 Å². The molecule has 5 heteroatoms. The predicted molar refractivity (Wildman–Crippen MR) is 151 cm³/mol. The number of rotatable bonds is 24. The van der Waals surface area contributed by atoms with E-state index >= 15 is 0 Å². The largest absolute Gasteiger partial charge is 0.466 e. The summed E-state index contributed by atoms with van der Waals surface area (Å²) in [5, 5.41) is 0. The lowest BCUT2D eigenvalue weighted by molar-refractivity contribution is -0.144. The fourth-order valence-electron chi connectivity index (χ4n) is 5.37. The van der Waals surface area contributed by atoms with Gasteiger partial charge in [0.1, 0.15) is 5.78 Å². The number of hydrogen-bond acceptors (Lipinski definition) is 5. The summed E-state index contributed by atoms with van der Waals surface area (Å²) in [4.78, 5) is 37.2. The predicted octanol–water partition coefficient (Wildman–Crippen LogP) is 8.90. The van der Waals surface area contributed by atoms with Gasteiger partial charge in [0.05, 0.1) is 13.2 Å². The van der Waals surface area contributed by atoms with E-state index in [9.17, 15) is 14.4 Å². The first kappa shape index (κ1) is 33.6. The Morgan fingerprint density at radius 1 is 0.595 bits per heavy atom. The first-order valence-electron chi connectivity index (χ1n) is 15.9. The minimum absolute atomic E-state index is 0.0669. The number of carbonyl (C=O) groups is 3. The Hall–Kier alpha value is -1.39. The minimum Gasteiger partial charge on any atom is -0.466 e. The van der Waals surface area contributed by atoms with Gasteiger partial charge in [0.15, 0.2) is 0 Å². The standard InChI is InChI=1S/C32H58O5/c1-3-5-7-9-11-13-15-17-26-36-30(33)24-22-28-20-19-21-29(32(28)35)23-25-31(34)37-27-18-16-14-12-10-8-6-4-2/h28-29H,3-27H2,1-2H3/t28-,29+. The van der Waals surface area contributed by atoms with Crippen molar-refractivity contribution in [1.82, 2.24) is 0 Å². The van der Waals surface area contributed by atoms with Crippen molar-refractivity contribution in [3.8, 4) is 0 Å². The van der Waals surface area contributed by atoms with Gasteiger partial charge in [-0.2, -0.15) is 0 Å². The summed E-state index contributed by atoms with van der Waals surface area (Å²) in [7, 11) is 0. The number of ether oxygens (including phenoxy) is 2. The molecule has 1 rings (SSSR count). The SMILES string of the molecule is CCCCCCCCCCOC(=O)CC[C@H]1CCC[C@@H](CCC(=O)OCCCCCCCCCC)C1=O. The van der Waals surface area contributed by atoms with Crippen LogP contribution in [0.4, 0.5) is 0 Å². The maximum absolute atomic E-state index is 12.9. The highest BCUT2D eigenvalue weighted by atomic mass is 16.5. The average Bonchev–Trinajstić information content (AvgIpc) is 2.90. The van der Waals surface area contributed by atoms with Gasteiger partial charge in [-0.15, -0.1) is 0 Å². The van der Waals surface area contributed by atoms with Crippen LogP contribution in [0.1, 0.15) is 162 Å². The van der Waals surface area contributed by atoms with Gasteiger partial charge in [-0.1, -0.05) is 110 Å². The summed E-state index contributed by atoms with van der Waals surface area (Å²) < 4.78 is 10.8. The highest BCUT2D eigenvalue weighted by Crippen LogP contribution is 2.31. The van der Waals surface area contributed by atoms with Crippen LogP contribution in [0.3, 0.4) is 0 Å². The second-order valence-electron chi connectivity index (χ2n) is 11.2. The topological polar surface area (TPSA) is 69.7 Å². The zero-order valence-corrected chi connectivity index (χ0v) is 24.4. The Morgan fingerprint density at radius 2 is 0.946 bits per heavy atom. The molecule has 0 bridgehead atoms. The molecule has 1 aliphatic rings. The van der Waals surface area contributed by atoms with E-state index in [0.717, 1.165) is 44.9 Å². The lowest BCUT2D eigenvalue weighted by Crippen LogP contribution is -2.29. The van der Waals surface area contributed by atoms with Gasteiger partial charge in [-0.25, -0.2) is 0 Å². The van der Waals surface area contributed by atoms with Crippen molar-refractivity contribution in [2.45, 2.75) is 162 Å². The van der Waals surface area contributed by atoms with Crippen LogP contribution in [0.25, 0.3) is 0 Å². The van der Waals surface area contributed by atoms with Crippen molar-refractivity contribution in [3.05, 3.63) is 0 Å². The summed E-state index contributed by atoms with van der Waals surface area (Å²) >= 11 is 0. The second-order valence-corrected chi connectivity index (χ2v) is 11.2.